The first kappa shape index (κ1) is 12.5. The number of aromatic hydroxyl groups is 1. The van der Waals surface area contributed by atoms with Crippen molar-refractivity contribution >= 4 is 18.0 Å². The van der Waals surface area contributed by atoms with Crippen LogP contribution in [-0.2, 0) is 5.75 Å². The highest BCUT2D eigenvalue weighted by atomic mass is 32.2. The number of benzene rings is 2. The minimum atomic E-state index is 0.284. The molecule has 3 nitrogen and oxygen atoms in total. The monoisotopic (exact) mass is 259 g/mol. The lowest BCUT2D eigenvalue weighted by Gasteiger charge is -2.02. The maximum atomic E-state index is 9.18. The van der Waals surface area contributed by atoms with Crippen LogP contribution in [0.4, 0.5) is 0 Å². The zero-order valence-electron chi connectivity index (χ0n) is 9.65. The molecule has 2 aromatic carbocycles. The van der Waals surface area contributed by atoms with Crippen molar-refractivity contribution in [3.8, 4) is 5.75 Å². The van der Waals surface area contributed by atoms with E-state index in [1.165, 1.54) is 11.8 Å². The summed E-state index contributed by atoms with van der Waals surface area (Å²) in [5, 5.41) is 20.6. The number of hydrogen-bond donors (Lipinski definition) is 2. The third kappa shape index (κ3) is 3.53. The van der Waals surface area contributed by atoms with Crippen molar-refractivity contribution in [2.24, 2.45) is 5.16 Å². The van der Waals surface area contributed by atoms with E-state index in [0.717, 1.165) is 16.2 Å². The molecule has 0 unspecified atom stereocenters. The van der Waals surface area contributed by atoms with Gasteiger partial charge in [0, 0.05) is 10.6 Å². The van der Waals surface area contributed by atoms with Crippen LogP contribution in [0.3, 0.4) is 0 Å². The lowest BCUT2D eigenvalue weighted by atomic mass is 10.2. The van der Waals surface area contributed by atoms with E-state index in [2.05, 4.69) is 5.16 Å². The Morgan fingerprint density at radius 1 is 1.00 bits per heavy atom. The summed E-state index contributed by atoms with van der Waals surface area (Å²) in [6.45, 7) is 0. The largest absolute Gasteiger partial charge is 0.508 e. The van der Waals surface area contributed by atoms with Crippen LogP contribution >= 0.6 is 11.8 Å². The van der Waals surface area contributed by atoms with E-state index < -0.39 is 0 Å². The molecular formula is C14H13NO2S. The summed E-state index contributed by atoms with van der Waals surface area (Å²) in [5.41, 5.74) is 2.07. The molecule has 0 saturated carbocycles. The van der Waals surface area contributed by atoms with Crippen molar-refractivity contribution in [1.82, 2.24) is 0 Å². The average molecular weight is 259 g/mol. The average Bonchev–Trinajstić information content (AvgIpc) is 2.40. The summed E-state index contributed by atoms with van der Waals surface area (Å²) < 4.78 is 0. The second kappa shape index (κ2) is 6.12. The van der Waals surface area contributed by atoms with E-state index in [0.29, 0.717) is 0 Å². The molecule has 0 heterocycles. The number of oxime groups is 1. The van der Waals surface area contributed by atoms with Gasteiger partial charge >= 0.3 is 0 Å². The second-order valence-corrected chi connectivity index (χ2v) is 4.82. The van der Waals surface area contributed by atoms with Crippen LogP contribution in [0.15, 0.2) is 58.6 Å². The van der Waals surface area contributed by atoms with Gasteiger partial charge in [0.1, 0.15) is 5.75 Å². The van der Waals surface area contributed by atoms with Crippen molar-refractivity contribution in [1.29, 1.82) is 0 Å². The molecular weight excluding hydrogens is 246 g/mol. The Morgan fingerprint density at radius 3 is 2.28 bits per heavy atom. The normalized spacial score (nSPS) is 10.9. The summed E-state index contributed by atoms with van der Waals surface area (Å²) in [7, 11) is 0. The smallest absolute Gasteiger partial charge is 0.115 e. The first-order valence-corrected chi connectivity index (χ1v) is 6.45. The van der Waals surface area contributed by atoms with Gasteiger partial charge in [0.15, 0.2) is 0 Å². The number of phenols is 1. The van der Waals surface area contributed by atoms with E-state index in [1.54, 1.807) is 23.9 Å². The topological polar surface area (TPSA) is 52.8 Å². The molecule has 2 N–H and O–H groups in total. The number of phenolic OH excluding ortho intramolecular Hbond substituents is 1. The van der Waals surface area contributed by atoms with Crippen molar-refractivity contribution in [3.63, 3.8) is 0 Å². The highest BCUT2D eigenvalue weighted by Gasteiger charge is 1.97. The Hall–Kier alpha value is -1.94. The molecule has 0 aliphatic heterocycles. The predicted octanol–water partition coefficient (Wildman–Crippen LogP) is 3.49. The first-order chi connectivity index (χ1) is 8.78. The zero-order valence-corrected chi connectivity index (χ0v) is 10.5. The van der Waals surface area contributed by atoms with Crippen molar-refractivity contribution < 1.29 is 10.3 Å². The number of thioether (sulfide) groups is 1. The summed E-state index contributed by atoms with van der Waals surface area (Å²) in [4.78, 5) is 1.12. The molecule has 0 aliphatic rings. The number of nitrogens with zero attached hydrogens (tertiary/aromatic N) is 1. The maximum Gasteiger partial charge on any atom is 0.115 e. The van der Waals surface area contributed by atoms with E-state index in [-0.39, 0.29) is 5.75 Å². The van der Waals surface area contributed by atoms with Crippen molar-refractivity contribution in [2.45, 2.75) is 10.6 Å². The summed E-state index contributed by atoms with van der Waals surface area (Å²) in [5.74, 6) is 1.15. The standard InChI is InChI=1S/C14H13NO2S/c16-13-5-7-14(8-6-13)18-10-12-3-1-11(2-4-12)9-15-17/h1-9,16-17H,10H2. The quantitative estimate of drug-likeness (QED) is 0.382. The van der Waals surface area contributed by atoms with E-state index in [4.69, 9.17) is 5.21 Å². The minimum absolute atomic E-state index is 0.284. The van der Waals surface area contributed by atoms with Gasteiger partial charge in [0.05, 0.1) is 6.21 Å². The van der Waals surface area contributed by atoms with Gasteiger partial charge in [-0.15, -0.1) is 11.8 Å². The molecule has 0 aromatic heterocycles. The van der Waals surface area contributed by atoms with Gasteiger partial charge in [-0.1, -0.05) is 29.4 Å². The van der Waals surface area contributed by atoms with Crippen molar-refractivity contribution in [3.05, 3.63) is 59.7 Å². The second-order valence-electron chi connectivity index (χ2n) is 3.77. The molecule has 0 fully saturated rings. The molecule has 0 radical (unpaired) electrons. The Morgan fingerprint density at radius 2 is 1.67 bits per heavy atom. The lowest BCUT2D eigenvalue weighted by Crippen LogP contribution is -1.84. The highest BCUT2D eigenvalue weighted by molar-refractivity contribution is 7.98. The molecule has 4 heteroatoms. The van der Waals surface area contributed by atoms with Gasteiger partial charge in [-0.2, -0.15) is 0 Å². The molecule has 0 amide bonds. The highest BCUT2D eigenvalue weighted by Crippen LogP contribution is 2.24. The molecule has 92 valence electrons. The first-order valence-electron chi connectivity index (χ1n) is 5.46. The van der Waals surface area contributed by atoms with Gasteiger partial charge in [0.25, 0.3) is 0 Å². The lowest BCUT2D eigenvalue weighted by molar-refractivity contribution is 0.322. The van der Waals surface area contributed by atoms with Crippen molar-refractivity contribution in [2.75, 3.05) is 0 Å². The third-order valence-electron chi connectivity index (χ3n) is 2.43. The summed E-state index contributed by atoms with van der Waals surface area (Å²) >= 11 is 1.71. The van der Waals surface area contributed by atoms with Crippen LogP contribution in [-0.4, -0.2) is 16.5 Å². The van der Waals surface area contributed by atoms with Crippen LogP contribution < -0.4 is 0 Å². The SMILES string of the molecule is ON=Cc1ccc(CSc2ccc(O)cc2)cc1. The van der Waals surface area contributed by atoms with E-state index in [1.807, 2.05) is 36.4 Å². The van der Waals surface area contributed by atoms with Gasteiger partial charge in [-0.05, 0) is 35.4 Å². The molecule has 0 aliphatic carbocycles. The molecule has 0 spiro atoms. The van der Waals surface area contributed by atoms with E-state index in [9.17, 15) is 5.11 Å². The molecule has 0 atom stereocenters. The fraction of sp³-hybridized carbons (Fsp3) is 0.0714. The Bertz CT molecular complexity index is 520. The van der Waals surface area contributed by atoms with Crippen LogP contribution in [0.1, 0.15) is 11.1 Å². The third-order valence-corrected chi connectivity index (χ3v) is 3.51. The summed E-state index contributed by atoms with van der Waals surface area (Å²) in [6, 6.07) is 15.0. The number of hydrogen-bond acceptors (Lipinski definition) is 4. The van der Waals surface area contributed by atoms with Gasteiger partial charge in [-0.3, -0.25) is 0 Å². The maximum absolute atomic E-state index is 9.18. The fourth-order valence-electron chi connectivity index (χ4n) is 1.48. The molecule has 2 rings (SSSR count). The predicted molar refractivity (Wildman–Crippen MR) is 73.5 cm³/mol. The molecule has 2 aromatic rings. The van der Waals surface area contributed by atoms with Crippen LogP contribution in [0, 0.1) is 0 Å². The van der Waals surface area contributed by atoms with Crippen LogP contribution in [0.2, 0.25) is 0 Å². The zero-order chi connectivity index (χ0) is 12.8. The van der Waals surface area contributed by atoms with Crippen LogP contribution in [0.5, 0.6) is 5.75 Å². The Labute approximate surface area is 110 Å². The van der Waals surface area contributed by atoms with Gasteiger partial charge < -0.3 is 10.3 Å². The fourth-order valence-corrected chi connectivity index (χ4v) is 2.33. The minimum Gasteiger partial charge on any atom is -0.508 e. The number of rotatable bonds is 4. The van der Waals surface area contributed by atoms with Crippen LogP contribution in [0.25, 0.3) is 0 Å². The summed E-state index contributed by atoms with van der Waals surface area (Å²) in [6.07, 6.45) is 1.40. The van der Waals surface area contributed by atoms with Gasteiger partial charge in [-0.25, -0.2) is 0 Å². The Balaban J connectivity index is 1.95. The van der Waals surface area contributed by atoms with Gasteiger partial charge in [0.2, 0.25) is 0 Å². The van der Waals surface area contributed by atoms with E-state index >= 15 is 0 Å². The molecule has 0 bridgehead atoms. The Kier molecular flexibility index (Phi) is 4.25. The molecule has 18 heavy (non-hydrogen) atoms. The molecule has 0 saturated heterocycles.